The normalized spacial score (nSPS) is 11.9. The molecule has 2 heterocycles. The van der Waals surface area contributed by atoms with Crippen molar-refractivity contribution in [2.75, 3.05) is 6.54 Å². The van der Waals surface area contributed by atoms with Gasteiger partial charge in [-0.15, -0.1) is 0 Å². The van der Waals surface area contributed by atoms with Gasteiger partial charge in [-0.2, -0.15) is 5.10 Å². The SMILES string of the molecule is O=C(NCC(O)c1ccccc1F)c1cccc(-n2cccn2)n1. The van der Waals surface area contributed by atoms with Crippen LogP contribution in [-0.4, -0.2) is 32.3 Å². The van der Waals surface area contributed by atoms with Gasteiger partial charge in [0.1, 0.15) is 11.5 Å². The first-order valence-corrected chi connectivity index (χ1v) is 7.33. The summed E-state index contributed by atoms with van der Waals surface area (Å²) in [6.45, 7) is -0.118. The molecule has 0 bridgehead atoms. The lowest BCUT2D eigenvalue weighted by Gasteiger charge is -2.13. The zero-order valence-corrected chi connectivity index (χ0v) is 12.6. The van der Waals surface area contributed by atoms with E-state index in [2.05, 4.69) is 15.4 Å². The van der Waals surface area contributed by atoms with Crippen LogP contribution in [0.4, 0.5) is 4.39 Å². The van der Waals surface area contributed by atoms with E-state index in [0.717, 1.165) is 0 Å². The van der Waals surface area contributed by atoms with Crippen LogP contribution in [0.15, 0.2) is 60.9 Å². The number of carbonyl (C=O) groups is 1. The molecule has 1 amide bonds. The van der Waals surface area contributed by atoms with Crippen LogP contribution in [0.3, 0.4) is 0 Å². The number of nitrogens with one attached hydrogen (secondary N) is 1. The molecule has 2 N–H and O–H groups in total. The summed E-state index contributed by atoms with van der Waals surface area (Å²) in [5.41, 5.74) is 0.319. The number of nitrogens with zero attached hydrogens (tertiary/aromatic N) is 3. The summed E-state index contributed by atoms with van der Waals surface area (Å²) in [5, 5.41) is 16.6. The highest BCUT2D eigenvalue weighted by molar-refractivity contribution is 5.92. The van der Waals surface area contributed by atoms with Crippen LogP contribution in [0, 0.1) is 5.82 Å². The van der Waals surface area contributed by atoms with Crippen LogP contribution in [0.2, 0.25) is 0 Å². The number of amides is 1. The fourth-order valence-electron chi connectivity index (χ4n) is 2.22. The minimum absolute atomic E-state index is 0.118. The van der Waals surface area contributed by atoms with Gasteiger partial charge in [0.2, 0.25) is 0 Å². The largest absolute Gasteiger partial charge is 0.386 e. The van der Waals surface area contributed by atoms with Crippen LogP contribution in [-0.2, 0) is 0 Å². The molecule has 0 aliphatic heterocycles. The van der Waals surface area contributed by atoms with Gasteiger partial charge in [-0.1, -0.05) is 24.3 Å². The fourth-order valence-corrected chi connectivity index (χ4v) is 2.22. The quantitative estimate of drug-likeness (QED) is 0.750. The molecule has 24 heavy (non-hydrogen) atoms. The Labute approximate surface area is 137 Å². The molecule has 0 aliphatic rings. The van der Waals surface area contributed by atoms with Crippen molar-refractivity contribution in [1.82, 2.24) is 20.1 Å². The Morgan fingerprint density at radius 3 is 2.79 bits per heavy atom. The number of hydrogen-bond acceptors (Lipinski definition) is 4. The van der Waals surface area contributed by atoms with E-state index < -0.39 is 17.8 Å². The van der Waals surface area contributed by atoms with Gasteiger partial charge < -0.3 is 10.4 Å². The standard InChI is InChI=1S/C17H15FN4O2/c18-13-6-2-1-5-12(13)15(23)11-19-17(24)14-7-3-8-16(21-14)22-10-4-9-20-22/h1-10,15,23H,11H2,(H,19,24). The number of aromatic nitrogens is 3. The molecule has 1 aromatic carbocycles. The Kier molecular flexibility index (Phi) is 4.62. The average molecular weight is 326 g/mol. The van der Waals surface area contributed by atoms with E-state index in [1.807, 2.05) is 0 Å². The van der Waals surface area contributed by atoms with Crippen molar-refractivity contribution in [2.45, 2.75) is 6.10 Å². The molecular formula is C17H15FN4O2. The van der Waals surface area contributed by atoms with E-state index >= 15 is 0 Å². The first-order chi connectivity index (χ1) is 11.6. The lowest BCUT2D eigenvalue weighted by molar-refractivity contribution is 0.0909. The van der Waals surface area contributed by atoms with Gasteiger partial charge in [-0.3, -0.25) is 4.79 Å². The number of aliphatic hydroxyl groups excluding tert-OH is 1. The second-order valence-electron chi connectivity index (χ2n) is 5.08. The van der Waals surface area contributed by atoms with Crippen molar-refractivity contribution in [1.29, 1.82) is 0 Å². The summed E-state index contributed by atoms with van der Waals surface area (Å²) in [5.74, 6) is -0.472. The lowest BCUT2D eigenvalue weighted by Crippen LogP contribution is -2.29. The monoisotopic (exact) mass is 326 g/mol. The third-order valence-electron chi connectivity index (χ3n) is 3.43. The second-order valence-corrected chi connectivity index (χ2v) is 5.08. The Balaban J connectivity index is 1.67. The maximum absolute atomic E-state index is 13.6. The van der Waals surface area contributed by atoms with Gasteiger partial charge in [0.25, 0.3) is 5.91 Å². The predicted octanol–water partition coefficient (Wildman–Crippen LogP) is 1.87. The van der Waals surface area contributed by atoms with Crippen LogP contribution < -0.4 is 5.32 Å². The minimum Gasteiger partial charge on any atom is -0.386 e. The van der Waals surface area contributed by atoms with E-state index in [4.69, 9.17) is 0 Å². The average Bonchev–Trinajstić information content (AvgIpc) is 3.14. The second kappa shape index (κ2) is 7.01. The number of carbonyl (C=O) groups excluding carboxylic acids is 1. The van der Waals surface area contributed by atoms with E-state index in [0.29, 0.717) is 5.82 Å². The smallest absolute Gasteiger partial charge is 0.270 e. The number of pyridine rings is 1. The zero-order valence-electron chi connectivity index (χ0n) is 12.6. The minimum atomic E-state index is -1.13. The van der Waals surface area contributed by atoms with Gasteiger partial charge in [0.05, 0.1) is 6.10 Å². The molecule has 0 aliphatic carbocycles. The summed E-state index contributed by atoms with van der Waals surface area (Å²) < 4.78 is 15.1. The molecule has 7 heteroatoms. The van der Waals surface area contributed by atoms with Gasteiger partial charge >= 0.3 is 0 Å². The first-order valence-electron chi connectivity index (χ1n) is 7.33. The Bertz CT molecular complexity index is 836. The molecule has 0 fully saturated rings. The van der Waals surface area contributed by atoms with Gasteiger partial charge in [0, 0.05) is 24.5 Å². The fraction of sp³-hybridized carbons (Fsp3) is 0.118. The van der Waals surface area contributed by atoms with Crippen LogP contribution in [0.1, 0.15) is 22.2 Å². The maximum atomic E-state index is 13.6. The zero-order chi connectivity index (χ0) is 16.9. The molecule has 122 valence electrons. The Hall–Kier alpha value is -3.06. The highest BCUT2D eigenvalue weighted by Gasteiger charge is 2.15. The number of aliphatic hydroxyl groups is 1. The molecule has 2 aromatic heterocycles. The highest BCUT2D eigenvalue weighted by Crippen LogP contribution is 2.15. The van der Waals surface area contributed by atoms with Crippen molar-refractivity contribution in [3.8, 4) is 5.82 Å². The van der Waals surface area contributed by atoms with Crippen molar-refractivity contribution in [3.63, 3.8) is 0 Å². The molecule has 3 rings (SSSR count). The first kappa shape index (κ1) is 15.8. The third-order valence-corrected chi connectivity index (χ3v) is 3.43. The van der Waals surface area contributed by atoms with Crippen molar-refractivity contribution in [2.24, 2.45) is 0 Å². The van der Waals surface area contributed by atoms with Crippen LogP contribution in [0.5, 0.6) is 0 Å². The molecule has 6 nitrogen and oxygen atoms in total. The molecule has 1 atom stereocenters. The van der Waals surface area contributed by atoms with E-state index in [-0.39, 0.29) is 17.8 Å². The van der Waals surface area contributed by atoms with Gasteiger partial charge in [-0.25, -0.2) is 14.1 Å². The Morgan fingerprint density at radius 2 is 2.04 bits per heavy atom. The summed E-state index contributed by atoms with van der Waals surface area (Å²) in [7, 11) is 0. The lowest BCUT2D eigenvalue weighted by atomic mass is 10.1. The summed E-state index contributed by atoms with van der Waals surface area (Å²) >= 11 is 0. The Morgan fingerprint density at radius 1 is 1.21 bits per heavy atom. The number of halogens is 1. The third kappa shape index (κ3) is 3.47. The topological polar surface area (TPSA) is 80.0 Å². The summed E-state index contributed by atoms with van der Waals surface area (Å²) in [6, 6.07) is 12.6. The molecular weight excluding hydrogens is 311 g/mol. The van der Waals surface area contributed by atoms with Crippen molar-refractivity contribution in [3.05, 3.63) is 78.0 Å². The van der Waals surface area contributed by atoms with Gasteiger partial charge in [0.15, 0.2) is 5.82 Å². The molecule has 3 aromatic rings. The van der Waals surface area contributed by atoms with Crippen molar-refractivity contribution >= 4 is 5.91 Å². The van der Waals surface area contributed by atoms with Gasteiger partial charge in [-0.05, 0) is 24.3 Å². The molecule has 0 spiro atoms. The van der Waals surface area contributed by atoms with Crippen molar-refractivity contribution < 1.29 is 14.3 Å². The molecule has 0 saturated heterocycles. The maximum Gasteiger partial charge on any atom is 0.270 e. The summed E-state index contributed by atoms with van der Waals surface area (Å²) in [4.78, 5) is 16.4. The van der Waals surface area contributed by atoms with E-state index in [9.17, 15) is 14.3 Å². The highest BCUT2D eigenvalue weighted by atomic mass is 19.1. The van der Waals surface area contributed by atoms with Crippen LogP contribution >= 0.6 is 0 Å². The van der Waals surface area contributed by atoms with E-state index in [1.54, 1.807) is 42.7 Å². The van der Waals surface area contributed by atoms with Crippen LogP contribution in [0.25, 0.3) is 5.82 Å². The van der Waals surface area contributed by atoms with E-state index in [1.165, 1.54) is 22.9 Å². The molecule has 0 radical (unpaired) electrons. The number of hydrogen-bond donors (Lipinski definition) is 2. The predicted molar refractivity (Wildman–Crippen MR) is 85.1 cm³/mol. The molecule has 1 unspecified atom stereocenters. The summed E-state index contributed by atoms with van der Waals surface area (Å²) in [6.07, 6.45) is 2.19. The molecule has 0 saturated carbocycles. The number of rotatable bonds is 5. The number of benzene rings is 1.